The molecule has 0 saturated carbocycles. The maximum absolute atomic E-state index is 11.7. The van der Waals surface area contributed by atoms with Crippen molar-refractivity contribution < 1.29 is 8.42 Å². The Morgan fingerprint density at radius 2 is 1.75 bits per heavy atom. The maximum Gasteiger partial charge on any atom is 0.211 e. The van der Waals surface area contributed by atoms with Crippen molar-refractivity contribution in [3.8, 4) is 0 Å². The van der Waals surface area contributed by atoms with E-state index in [2.05, 4.69) is 18.6 Å². The van der Waals surface area contributed by atoms with Gasteiger partial charge in [-0.15, -0.1) is 0 Å². The van der Waals surface area contributed by atoms with Crippen LogP contribution in [-0.4, -0.2) is 26.8 Å². The van der Waals surface area contributed by atoms with Crippen LogP contribution in [0.25, 0.3) is 0 Å². The van der Waals surface area contributed by atoms with Crippen LogP contribution in [0, 0.1) is 5.92 Å². The second-order valence-corrected chi connectivity index (χ2v) is 6.17. The average Bonchev–Trinajstić information content (AvgIpc) is 2.18. The van der Waals surface area contributed by atoms with Crippen molar-refractivity contribution in [3.05, 3.63) is 0 Å². The minimum Gasteiger partial charge on any atom is -0.330 e. The molecule has 0 bridgehead atoms. The fourth-order valence-electron chi connectivity index (χ4n) is 1.87. The van der Waals surface area contributed by atoms with E-state index in [-0.39, 0.29) is 11.8 Å². The van der Waals surface area contributed by atoms with E-state index in [0.717, 1.165) is 19.3 Å². The Hall–Kier alpha value is -0.130. The molecule has 16 heavy (non-hydrogen) atoms. The van der Waals surface area contributed by atoms with E-state index in [4.69, 9.17) is 5.73 Å². The zero-order chi connectivity index (χ0) is 12.6. The number of hydrogen-bond donors (Lipinski definition) is 2. The van der Waals surface area contributed by atoms with E-state index in [1.54, 1.807) is 0 Å². The summed E-state index contributed by atoms with van der Waals surface area (Å²) in [5.74, 6) is 0.610. The fraction of sp³-hybridized carbons (Fsp3) is 1.00. The highest BCUT2D eigenvalue weighted by molar-refractivity contribution is 7.89. The molecule has 0 aliphatic carbocycles. The molecule has 5 heteroatoms. The van der Waals surface area contributed by atoms with Gasteiger partial charge in [-0.05, 0) is 32.2 Å². The van der Waals surface area contributed by atoms with Crippen molar-refractivity contribution in [2.75, 3.05) is 12.3 Å². The number of hydrogen-bond acceptors (Lipinski definition) is 3. The Labute approximate surface area is 100 Å². The average molecular weight is 250 g/mol. The van der Waals surface area contributed by atoms with Gasteiger partial charge in [-0.2, -0.15) is 0 Å². The topological polar surface area (TPSA) is 72.2 Å². The summed E-state index contributed by atoms with van der Waals surface area (Å²) in [6.07, 6.45) is 3.41. The molecular formula is C11H26N2O2S. The van der Waals surface area contributed by atoms with Crippen molar-refractivity contribution in [2.24, 2.45) is 11.7 Å². The first-order valence-electron chi connectivity index (χ1n) is 6.16. The predicted molar refractivity (Wildman–Crippen MR) is 68.7 cm³/mol. The van der Waals surface area contributed by atoms with Crippen molar-refractivity contribution in [1.29, 1.82) is 0 Å². The van der Waals surface area contributed by atoms with Gasteiger partial charge in [0.1, 0.15) is 0 Å². The number of rotatable bonds is 9. The summed E-state index contributed by atoms with van der Waals surface area (Å²) in [6.45, 7) is 6.68. The molecule has 0 aromatic rings. The number of unbranched alkanes of at least 4 members (excludes halogenated alkanes) is 1. The number of sulfonamides is 1. The largest absolute Gasteiger partial charge is 0.330 e. The van der Waals surface area contributed by atoms with Crippen molar-refractivity contribution in [1.82, 2.24) is 4.72 Å². The standard InChI is InChI=1S/C11H26N2O2S/c1-4-11(5-2)10(3)13-16(14,15)9-7-6-8-12/h10-11,13H,4-9,12H2,1-3H3. The molecule has 0 rings (SSSR count). The van der Waals surface area contributed by atoms with Crippen LogP contribution in [0.4, 0.5) is 0 Å². The predicted octanol–water partition coefficient (Wildman–Crippen LogP) is 1.47. The van der Waals surface area contributed by atoms with E-state index >= 15 is 0 Å². The Balaban J connectivity index is 4.14. The summed E-state index contributed by atoms with van der Waals surface area (Å²) in [6, 6.07) is 0.0258. The molecule has 0 aliphatic heterocycles. The van der Waals surface area contributed by atoms with Crippen LogP contribution in [0.1, 0.15) is 46.5 Å². The summed E-state index contributed by atoms with van der Waals surface area (Å²) in [5.41, 5.74) is 5.34. The lowest BCUT2D eigenvalue weighted by molar-refractivity contribution is 0.390. The van der Waals surface area contributed by atoms with Crippen molar-refractivity contribution in [3.63, 3.8) is 0 Å². The molecule has 0 radical (unpaired) electrons. The molecule has 1 atom stereocenters. The quantitative estimate of drug-likeness (QED) is 0.609. The van der Waals surface area contributed by atoms with E-state index in [1.165, 1.54) is 0 Å². The Kier molecular flexibility index (Phi) is 7.97. The molecule has 1 unspecified atom stereocenters. The first-order valence-corrected chi connectivity index (χ1v) is 7.82. The molecule has 3 N–H and O–H groups in total. The lowest BCUT2D eigenvalue weighted by atomic mass is 9.96. The molecule has 0 aliphatic rings. The van der Waals surface area contributed by atoms with Crippen LogP contribution in [0.15, 0.2) is 0 Å². The Morgan fingerprint density at radius 1 is 1.19 bits per heavy atom. The molecule has 0 saturated heterocycles. The number of nitrogens with one attached hydrogen (secondary N) is 1. The SMILES string of the molecule is CCC(CC)C(C)NS(=O)(=O)CCCCN. The van der Waals surface area contributed by atoms with Gasteiger partial charge in [0.05, 0.1) is 5.75 Å². The van der Waals surface area contributed by atoms with Gasteiger partial charge >= 0.3 is 0 Å². The molecule has 0 aromatic heterocycles. The molecule has 0 heterocycles. The molecular weight excluding hydrogens is 224 g/mol. The normalized spacial score (nSPS) is 14.3. The first kappa shape index (κ1) is 15.9. The summed E-state index contributed by atoms with van der Waals surface area (Å²) in [7, 11) is -3.12. The minimum absolute atomic E-state index is 0.0258. The first-order chi connectivity index (χ1) is 7.46. The lowest BCUT2D eigenvalue weighted by Crippen LogP contribution is -2.39. The van der Waals surface area contributed by atoms with Gasteiger partial charge in [0.25, 0.3) is 0 Å². The highest BCUT2D eigenvalue weighted by Gasteiger charge is 2.19. The van der Waals surface area contributed by atoms with Crippen LogP contribution < -0.4 is 10.5 Å². The van der Waals surface area contributed by atoms with E-state index in [0.29, 0.717) is 18.9 Å². The van der Waals surface area contributed by atoms with Crippen LogP contribution in [0.3, 0.4) is 0 Å². The van der Waals surface area contributed by atoms with Crippen LogP contribution >= 0.6 is 0 Å². The van der Waals surface area contributed by atoms with Crippen LogP contribution in [-0.2, 0) is 10.0 Å². The van der Waals surface area contributed by atoms with Crippen molar-refractivity contribution in [2.45, 2.75) is 52.5 Å². The van der Waals surface area contributed by atoms with Gasteiger partial charge in [0.2, 0.25) is 10.0 Å². The maximum atomic E-state index is 11.7. The molecule has 0 spiro atoms. The van der Waals surface area contributed by atoms with Gasteiger partial charge in [-0.1, -0.05) is 26.7 Å². The highest BCUT2D eigenvalue weighted by atomic mass is 32.2. The van der Waals surface area contributed by atoms with Crippen molar-refractivity contribution >= 4 is 10.0 Å². The summed E-state index contributed by atoms with van der Waals surface area (Å²) < 4.78 is 26.1. The Morgan fingerprint density at radius 3 is 2.19 bits per heavy atom. The van der Waals surface area contributed by atoms with Crippen LogP contribution in [0.2, 0.25) is 0 Å². The fourth-order valence-corrected chi connectivity index (χ4v) is 3.33. The lowest BCUT2D eigenvalue weighted by Gasteiger charge is -2.22. The monoisotopic (exact) mass is 250 g/mol. The summed E-state index contributed by atoms with van der Waals surface area (Å²) in [5, 5.41) is 0. The molecule has 0 fully saturated rings. The summed E-state index contributed by atoms with van der Waals surface area (Å²) in [4.78, 5) is 0. The molecule has 4 nitrogen and oxygen atoms in total. The van der Waals surface area contributed by atoms with Gasteiger partial charge in [0, 0.05) is 6.04 Å². The third kappa shape index (κ3) is 6.45. The van der Waals surface area contributed by atoms with Crippen LogP contribution in [0.5, 0.6) is 0 Å². The zero-order valence-electron chi connectivity index (χ0n) is 10.7. The van der Waals surface area contributed by atoms with Gasteiger partial charge in [-0.25, -0.2) is 13.1 Å². The number of nitrogens with two attached hydrogens (primary N) is 1. The van der Waals surface area contributed by atoms with Gasteiger partial charge in [0.15, 0.2) is 0 Å². The third-order valence-corrected chi connectivity index (χ3v) is 4.55. The molecule has 98 valence electrons. The van der Waals surface area contributed by atoms with E-state index in [1.807, 2.05) is 6.92 Å². The molecule has 0 aromatic carbocycles. The smallest absolute Gasteiger partial charge is 0.211 e. The highest BCUT2D eigenvalue weighted by Crippen LogP contribution is 2.13. The second kappa shape index (κ2) is 8.03. The minimum atomic E-state index is -3.12. The van der Waals surface area contributed by atoms with Gasteiger partial charge < -0.3 is 5.73 Å². The van der Waals surface area contributed by atoms with Gasteiger partial charge in [-0.3, -0.25) is 0 Å². The third-order valence-electron chi connectivity index (χ3n) is 2.99. The van der Waals surface area contributed by atoms with E-state index in [9.17, 15) is 8.42 Å². The zero-order valence-corrected chi connectivity index (χ0v) is 11.5. The Bertz CT molecular complexity index is 261. The van der Waals surface area contributed by atoms with E-state index < -0.39 is 10.0 Å². The second-order valence-electron chi connectivity index (χ2n) is 4.30. The molecule has 0 amide bonds. The summed E-state index contributed by atoms with van der Waals surface area (Å²) >= 11 is 0.